The van der Waals surface area contributed by atoms with Gasteiger partial charge in [-0.3, -0.25) is 0 Å². The van der Waals surface area contributed by atoms with E-state index in [9.17, 15) is 0 Å². The number of hydrogen-bond donors (Lipinski definition) is 1. The van der Waals surface area contributed by atoms with Gasteiger partial charge in [0.05, 0.1) is 0 Å². The van der Waals surface area contributed by atoms with Crippen molar-refractivity contribution in [2.45, 2.75) is 18.6 Å². The van der Waals surface area contributed by atoms with E-state index in [0.717, 1.165) is 23.3 Å². The number of benzene rings is 1. The molecule has 4 nitrogen and oxygen atoms in total. The molecular formula is C14H18N4S. The number of nitrogens with zero attached hydrogens (tertiary/aromatic N) is 3. The highest BCUT2D eigenvalue weighted by atomic mass is 32.2. The molecule has 0 aliphatic rings. The number of thioether (sulfide) groups is 1. The van der Waals surface area contributed by atoms with Crippen LogP contribution in [0.2, 0.25) is 0 Å². The summed E-state index contributed by atoms with van der Waals surface area (Å²) < 4.78 is 2.06. The van der Waals surface area contributed by atoms with Crippen LogP contribution in [0.4, 0.5) is 0 Å². The molecule has 0 amide bonds. The predicted molar refractivity (Wildman–Crippen MR) is 80.0 cm³/mol. The molecule has 0 unspecified atom stereocenters. The zero-order valence-corrected chi connectivity index (χ0v) is 11.8. The Hall–Kier alpha value is -1.59. The van der Waals surface area contributed by atoms with Crippen molar-refractivity contribution in [3.05, 3.63) is 47.8 Å². The van der Waals surface area contributed by atoms with E-state index in [1.165, 1.54) is 5.56 Å². The highest BCUT2D eigenvalue weighted by Crippen LogP contribution is 2.17. The first-order valence-corrected chi connectivity index (χ1v) is 7.24. The molecule has 0 atom stereocenters. The maximum Gasteiger partial charge on any atom is 0.191 e. The van der Waals surface area contributed by atoms with Crippen molar-refractivity contribution in [1.82, 2.24) is 14.8 Å². The van der Waals surface area contributed by atoms with E-state index in [4.69, 9.17) is 5.73 Å². The highest BCUT2D eigenvalue weighted by molar-refractivity contribution is 7.99. The summed E-state index contributed by atoms with van der Waals surface area (Å²) in [5, 5.41) is 9.18. The lowest BCUT2D eigenvalue weighted by molar-refractivity contribution is 0.628. The fourth-order valence-corrected chi connectivity index (χ4v) is 2.55. The second kappa shape index (κ2) is 7.11. The van der Waals surface area contributed by atoms with Gasteiger partial charge in [0, 0.05) is 18.8 Å². The number of hydrogen-bond acceptors (Lipinski definition) is 4. The average molecular weight is 274 g/mol. The van der Waals surface area contributed by atoms with E-state index >= 15 is 0 Å². The molecule has 0 saturated carbocycles. The van der Waals surface area contributed by atoms with Gasteiger partial charge in [0.2, 0.25) is 0 Å². The second-order valence-electron chi connectivity index (χ2n) is 4.09. The third-order valence-electron chi connectivity index (χ3n) is 2.67. The molecule has 2 N–H and O–H groups in total. The normalized spacial score (nSPS) is 11.3. The lowest BCUT2D eigenvalue weighted by Crippen LogP contribution is -2.12. The molecule has 0 radical (unpaired) electrons. The van der Waals surface area contributed by atoms with Crippen LogP contribution in [0.3, 0.4) is 0 Å². The Morgan fingerprint density at radius 2 is 2.05 bits per heavy atom. The Labute approximate surface area is 117 Å². The maximum absolute atomic E-state index is 5.59. The van der Waals surface area contributed by atoms with Gasteiger partial charge in [0.1, 0.15) is 5.82 Å². The lowest BCUT2D eigenvalue weighted by Gasteiger charge is -2.04. The van der Waals surface area contributed by atoms with Crippen LogP contribution in [-0.4, -0.2) is 27.1 Å². The Bertz CT molecular complexity index is 534. The van der Waals surface area contributed by atoms with Gasteiger partial charge in [-0.05, 0) is 12.5 Å². The number of rotatable bonds is 6. The maximum atomic E-state index is 5.59. The Morgan fingerprint density at radius 1 is 1.26 bits per heavy atom. The summed E-state index contributed by atoms with van der Waals surface area (Å²) in [6.07, 6.45) is 4.25. The molecule has 19 heavy (non-hydrogen) atoms. The number of aryl methyl sites for hydroxylation is 1. The average Bonchev–Trinajstić information content (AvgIpc) is 2.78. The van der Waals surface area contributed by atoms with Crippen LogP contribution in [0.25, 0.3) is 6.08 Å². The van der Waals surface area contributed by atoms with E-state index < -0.39 is 0 Å². The molecule has 0 fully saturated rings. The first-order valence-electron chi connectivity index (χ1n) is 6.25. The molecule has 100 valence electrons. The third kappa shape index (κ3) is 3.94. The molecule has 0 bridgehead atoms. The van der Waals surface area contributed by atoms with Crippen molar-refractivity contribution in [2.24, 2.45) is 5.73 Å². The Morgan fingerprint density at radius 3 is 2.79 bits per heavy atom. The van der Waals surface area contributed by atoms with E-state index in [0.29, 0.717) is 6.54 Å². The lowest BCUT2D eigenvalue weighted by atomic mass is 10.2. The van der Waals surface area contributed by atoms with Gasteiger partial charge in [-0.15, -0.1) is 10.2 Å². The van der Waals surface area contributed by atoms with Crippen LogP contribution in [0, 0.1) is 6.92 Å². The topological polar surface area (TPSA) is 56.7 Å². The van der Waals surface area contributed by atoms with Crippen LogP contribution in [0.1, 0.15) is 11.4 Å². The predicted octanol–water partition coefficient (Wildman–Crippen LogP) is 2.35. The zero-order valence-electron chi connectivity index (χ0n) is 11.0. The monoisotopic (exact) mass is 274 g/mol. The number of nitrogens with two attached hydrogens (primary N) is 1. The van der Waals surface area contributed by atoms with Crippen molar-refractivity contribution in [3.8, 4) is 0 Å². The molecule has 0 saturated heterocycles. The van der Waals surface area contributed by atoms with E-state index in [1.54, 1.807) is 11.8 Å². The minimum atomic E-state index is 0.603. The van der Waals surface area contributed by atoms with Gasteiger partial charge in [-0.2, -0.15) is 0 Å². The van der Waals surface area contributed by atoms with Crippen molar-refractivity contribution >= 4 is 17.8 Å². The summed E-state index contributed by atoms with van der Waals surface area (Å²) in [6.45, 7) is 3.32. The fourth-order valence-electron chi connectivity index (χ4n) is 1.73. The van der Waals surface area contributed by atoms with E-state index in [2.05, 4.69) is 39.0 Å². The number of aromatic nitrogens is 3. The van der Waals surface area contributed by atoms with Gasteiger partial charge in [-0.25, -0.2) is 0 Å². The standard InChI is InChI=1S/C14H18N4S/c1-12-16-17-14(18(12)10-9-15)19-11-5-8-13-6-3-2-4-7-13/h2-8H,9-11,15H2,1H3. The van der Waals surface area contributed by atoms with Gasteiger partial charge in [0.25, 0.3) is 0 Å². The quantitative estimate of drug-likeness (QED) is 0.822. The summed E-state index contributed by atoms with van der Waals surface area (Å²) in [6, 6.07) is 10.3. The minimum Gasteiger partial charge on any atom is -0.329 e. The third-order valence-corrected chi connectivity index (χ3v) is 3.59. The van der Waals surface area contributed by atoms with Crippen molar-refractivity contribution < 1.29 is 0 Å². The molecule has 1 aromatic heterocycles. The van der Waals surface area contributed by atoms with Gasteiger partial charge >= 0.3 is 0 Å². The van der Waals surface area contributed by atoms with Crippen molar-refractivity contribution in [2.75, 3.05) is 12.3 Å². The largest absolute Gasteiger partial charge is 0.329 e. The van der Waals surface area contributed by atoms with Crippen molar-refractivity contribution in [1.29, 1.82) is 0 Å². The Kier molecular flexibility index (Phi) is 5.18. The summed E-state index contributed by atoms with van der Waals surface area (Å²) in [5.41, 5.74) is 6.80. The summed E-state index contributed by atoms with van der Waals surface area (Å²) in [7, 11) is 0. The first-order chi connectivity index (χ1) is 9.31. The SMILES string of the molecule is Cc1nnc(SCC=Cc2ccccc2)n1CCN. The van der Waals surface area contributed by atoms with Crippen LogP contribution in [-0.2, 0) is 6.54 Å². The first kappa shape index (κ1) is 13.8. The van der Waals surface area contributed by atoms with Crippen molar-refractivity contribution in [3.63, 3.8) is 0 Å². The van der Waals surface area contributed by atoms with Crippen LogP contribution in [0.5, 0.6) is 0 Å². The molecule has 0 aliphatic carbocycles. The smallest absolute Gasteiger partial charge is 0.191 e. The van der Waals surface area contributed by atoms with Gasteiger partial charge in [0.15, 0.2) is 5.16 Å². The van der Waals surface area contributed by atoms with E-state index in [1.807, 2.05) is 25.1 Å². The summed E-state index contributed by atoms with van der Waals surface area (Å²) >= 11 is 1.67. The summed E-state index contributed by atoms with van der Waals surface area (Å²) in [5.74, 6) is 1.79. The molecule has 1 heterocycles. The molecule has 0 spiro atoms. The molecule has 0 aliphatic heterocycles. The van der Waals surface area contributed by atoms with Crippen LogP contribution in [0.15, 0.2) is 41.6 Å². The summed E-state index contributed by atoms with van der Waals surface area (Å²) in [4.78, 5) is 0. The Balaban J connectivity index is 1.91. The van der Waals surface area contributed by atoms with Gasteiger partial charge < -0.3 is 10.3 Å². The second-order valence-corrected chi connectivity index (χ2v) is 5.08. The molecule has 2 aromatic rings. The van der Waals surface area contributed by atoms with Gasteiger partial charge in [-0.1, -0.05) is 54.2 Å². The van der Waals surface area contributed by atoms with E-state index in [-0.39, 0.29) is 0 Å². The highest BCUT2D eigenvalue weighted by Gasteiger charge is 2.07. The molecule has 1 aromatic carbocycles. The molecule has 2 rings (SSSR count). The zero-order chi connectivity index (χ0) is 13.5. The van der Waals surface area contributed by atoms with Crippen LogP contribution >= 0.6 is 11.8 Å². The molecule has 5 heteroatoms. The minimum absolute atomic E-state index is 0.603. The fraction of sp³-hybridized carbons (Fsp3) is 0.286. The van der Waals surface area contributed by atoms with Crippen LogP contribution < -0.4 is 5.73 Å². The molecular weight excluding hydrogens is 256 g/mol.